The molecular weight excluding hydrogens is 160 g/mol. The van der Waals surface area contributed by atoms with Crippen LogP contribution in [0.5, 0.6) is 0 Å². The van der Waals surface area contributed by atoms with E-state index in [-0.39, 0.29) is 6.10 Å². The molecule has 0 aromatic carbocycles. The van der Waals surface area contributed by atoms with Gasteiger partial charge in [0, 0.05) is 0 Å². The lowest BCUT2D eigenvalue weighted by Gasteiger charge is -2.38. The maximum Gasteiger partial charge on any atom is 0.0571 e. The summed E-state index contributed by atoms with van der Waals surface area (Å²) < 4.78 is 0. The molecule has 78 valence electrons. The van der Waals surface area contributed by atoms with E-state index in [4.69, 9.17) is 0 Å². The lowest BCUT2D eigenvalue weighted by Crippen LogP contribution is -2.35. The first-order valence-electron chi connectivity index (χ1n) is 5.74. The highest BCUT2D eigenvalue weighted by Gasteiger charge is 2.33. The lowest BCUT2D eigenvalue weighted by atomic mass is 9.69. The van der Waals surface area contributed by atoms with Gasteiger partial charge < -0.3 is 5.11 Å². The summed E-state index contributed by atoms with van der Waals surface area (Å²) in [5.74, 6) is 2.74. The smallest absolute Gasteiger partial charge is 0.0571 e. The Morgan fingerprint density at radius 3 is 2.38 bits per heavy atom. The highest BCUT2D eigenvalue weighted by atomic mass is 16.3. The first-order valence-corrected chi connectivity index (χ1v) is 5.74. The fraction of sp³-hybridized carbons (Fsp3) is 1.00. The second-order valence-corrected chi connectivity index (χ2v) is 5.02. The third-order valence-electron chi connectivity index (χ3n) is 4.17. The first kappa shape index (κ1) is 11.0. The van der Waals surface area contributed by atoms with Gasteiger partial charge in [-0.3, -0.25) is 0 Å². The van der Waals surface area contributed by atoms with Crippen LogP contribution >= 0.6 is 0 Å². The van der Waals surface area contributed by atoms with Crippen molar-refractivity contribution < 1.29 is 5.11 Å². The van der Waals surface area contributed by atoms with Crippen molar-refractivity contribution in [3.8, 4) is 0 Å². The molecule has 13 heavy (non-hydrogen) atoms. The molecule has 0 heterocycles. The van der Waals surface area contributed by atoms with Crippen LogP contribution < -0.4 is 0 Å². The zero-order valence-electron chi connectivity index (χ0n) is 9.46. The number of hydrogen-bond acceptors (Lipinski definition) is 1. The Labute approximate surface area is 82.5 Å². The van der Waals surface area contributed by atoms with Gasteiger partial charge in [-0.25, -0.2) is 0 Å². The molecule has 5 atom stereocenters. The molecule has 1 aliphatic rings. The van der Waals surface area contributed by atoms with E-state index < -0.39 is 0 Å². The Morgan fingerprint density at radius 2 is 1.92 bits per heavy atom. The van der Waals surface area contributed by atoms with Crippen LogP contribution in [0.4, 0.5) is 0 Å². The van der Waals surface area contributed by atoms with Gasteiger partial charge in [0.05, 0.1) is 6.10 Å². The molecule has 0 spiro atoms. The van der Waals surface area contributed by atoms with E-state index in [2.05, 4.69) is 27.7 Å². The Morgan fingerprint density at radius 1 is 1.31 bits per heavy atom. The SMILES string of the molecule is CCC(C)C1CC(C)C(C)C(O)C1. The molecule has 0 amide bonds. The van der Waals surface area contributed by atoms with Gasteiger partial charge >= 0.3 is 0 Å². The number of rotatable bonds is 2. The van der Waals surface area contributed by atoms with Crippen molar-refractivity contribution >= 4 is 0 Å². The van der Waals surface area contributed by atoms with Gasteiger partial charge in [-0.1, -0.05) is 34.1 Å². The molecule has 1 aliphatic carbocycles. The number of aliphatic hydroxyl groups is 1. The van der Waals surface area contributed by atoms with E-state index in [9.17, 15) is 5.11 Å². The standard InChI is InChI=1S/C12H24O/c1-5-8(2)11-6-9(3)10(4)12(13)7-11/h8-13H,5-7H2,1-4H3. The Hall–Kier alpha value is -0.0400. The molecule has 5 unspecified atom stereocenters. The predicted octanol–water partition coefficient (Wildman–Crippen LogP) is 3.08. The number of aliphatic hydroxyl groups excluding tert-OH is 1. The minimum Gasteiger partial charge on any atom is -0.393 e. The van der Waals surface area contributed by atoms with Crippen LogP contribution in [-0.2, 0) is 0 Å². The van der Waals surface area contributed by atoms with Gasteiger partial charge in [-0.15, -0.1) is 0 Å². The maximum absolute atomic E-state index is 9.86. The van der Waals surface area contributed by atoms with Crippen LogP contribution in [0.2, 0.25) is 0 Å². The fourth-order valence-corrected chi connectivity index (χ4v) is 2.49. The van der Waals surface area contributed by atoms with Crippen LogP contribution in [0.3, 0.4) is 0 Å². The topological polar surface area (TPSA) is 20.2 Å². The first-order chi connectivity index (χ1) is 6.06. The van der Waals surface area contributed by atoms with Crippen molar-refractivity contribution in [3.05, 3.63) is 0 Å². The molecular formula is C12H24O. The van der Waals surface area contributed by atoms with Crippen molar-refractivity contribution in [3.63, 3.8) is 0 Å². The van der Waals surface area contributed by atoms with Gasteiger partial charge in [0.2, 0.25) is 0 Å². The quantitative estimate of drug-likeness (QED) is 0.699. The Kier molecular flexibility index (Phi) is 3.78. The fourth-order valence-electron chi connectivity index (χ4n) is 2.49. The average molecular weight is 184 g/mol. The highest BCUT2D eigenvalue weighted by molar-refractivity contribution is 4.83. The van der Waals surface area contributed by atoms with E-state index in [1.807, 2.05) is 0 Å². The Bertz CT molecular complexity index is 143. The van der Waals surface area contributed by atoms with Gasteiger partial charge in [0.1, 0.15) is 0 Å². The van der Waals surface area contributed by atoms with Crippen molar-refractivity contribution in [1.82, 2.24) is 0 Å². The summed E-state index contributed by atoms with van der Waals surface area (Å²) in [5.41, 5.74) is 0. The van der Waals surface area contributed by atoms with Crippen LogP contribution in [-0.4, -0.2) is 11.2 Å². The van der Waals surface area contributed by atoms with Crippen LogP contribution in [0.15, 0.2) is 0 Å². The molecule has 1 N–H and O–H groups in total. The van der Waals surface area contributed by atoms with E-state index in [1.165, 1.54) is 12.8 Å². The molecule has 0 aliphatic heterocycles. The van der Waals surface area contributed by atoms with Crippen molar-refractivity contribution in [2.24, 2.45) is 23.7 Å². The molecule has 0 aromatic rings. The molecule has 1 heteroatoms. The normalized spacial score (nSPS) is 43.2. The molecule has 1 nitrogen and oxygen atoms in total. The monoisotopic (exact) mass is 184 g/mol. The van der Waals surface area contributed by atoms with Crippen LogP contribution in [0.25, 0.3) is 0 Å². The van der Waals surface area contributed by atoms with Crippen molar-refractivity contribution in [2.45, 2.75) is 53.1 Å². The summed E-state index contributed by atoms with van der Waals surface area (Å²) in [7, 11) is 0. The average Bonchev–Trinajstić information content (AvgIpc) is 2.12. The molecule has 1 saturated carbocycles. The highest BCUT2D eigenvalue weighted by Crippen LogP contribution is 2.38. The molecule has 0 radical (unpaired) electrons. The second-order valence-electron chi connectivity index (χ2n) is 5.02. The van der Waals surface area contributed by atoms with Crippen molar-refractivity contribution in [2.75, 3.05) is 0 Å². The zero-order valence-corrected chi connectivity index (χ0v) is 9.46. The third-order valence-corrected chi connectivity index (χ3v) is 4.17. The minimum atomic E-state index is -0.0530. The summed E-state index contributed by atoms with van der Waals surface area (Å²) >= 11 is 0. The van der Waals surface area contributed by atoms with Gasteiger partial charge in [0.15, 0.2) is 0 Å². The Balaban J connectivity index is 2.53. The van der Waals surface area contributed by atoms with E-state index >= 15 is 0 Å². The van der Waals surface area contributed by atoms with E-state index in [0.29, 0.717) is 11.8 Å². The summed E-state index contributed by atoms with van der Waals surface area (Å²) in [4.78, 5) is 0. The van der Waals surface area contributed by atoms with Crippen LogP contribution in [0.1, 0.15) is 47.0 Å². The van der Waals surface area contributed by atoms with Gasteiger partial charge in [-0.05, 0) is 36.5 Å². The predicted molar refractivity (Wildman–Crippen MR) is 56.5 cm³/mol. The van der Waals surface area contributed by atoms with E-state index in [0.717, 1.165) is 18.3 Å². The second kappa shape index (κ2) is 4.45. The maximum atomic E-state index is 9.86. The molecule has 0 bridgehead atoms. The molecule has 0 saturated heterocycles. The van der Waals surface area contributed by atoms with Crippen molar-refractivity contribution in [1.29, 1.82) is 0 Å². The lowest BCUT2D eigenvalue weighted by molar-refractivity contribution is 0.00709. The summed E-state index contributed by atoms with van der Waals surface area (Å²) in [6.07, 6.45) is 3.54. The number of hydrogen-bond donors (Lipinski definition) is 1. The largest absolute Gasteiger partial charge is 0.393 e. The molecule has 0 aromatic heterocycles. The summed E-state index contributed by atoms with van der Waals surface area (Å²) in [5, 5.41) is 9.86. The van der Waals surface area contributed by atoms with Gasteiger partial charge in [-0.2, -0.15) is 0 Å². The summed E-state index contributed by atoms with van der Waals surface area (Å²) in [6, 6.07) is 0. The molecule has 1 fully saturated rings. The molecule has 1 rings (SSSR count). The van der Waals surface area contributed by atoms with Crippen LogP contribution in [0, 0.1) is 23.7 Å². The third kappa shape index (κ3) is 2.46. The zero-order chi connectivity index (χ0) is 10.0. The summed E-state index contributed by atoms with van der Waals surface area (Å²) in [6.45, 7) is 9.03. The van der Waals surface area contributed by atoms with Gasteiger partial charge in [0.25, 0.3) is 0 Å². The van der Waals surface area contributed by atoms with E-state index in [1.54, 1.807) is 0 Å². The minimum absolute atomic E-state index is 0.0530.